The second-order valence-corrected chi connectivity index (χ2v) is 4.27. The van der Waals surface area contributed by atoms with Crippen molar-refractivity contribution in [3.05, 3.63) is 0 Å². The maximum atomic E-state index is 12.0. The zero-order chi connectivity index (χ0) is 11.7. The number of carbonyl (C=O) groups excluding carboxylic acids is 1. The second kappa shape index (κ2) is 4.00. The van der Waals surface area contributed by atoms with Crippen molar-refractivity contribution in [1.29, 1.82) is 0 Å². The first-order valence-corrected chi connectivity index (χ1v) is 4.72. The molecule has 1 rings (SSSR count). The van der Waals surface area contributed by atoms with Crippen molar-refractivity contribution in [3.63, 3.8) is 0 Å². The maximum absolute atomic E-state index is 12.0. The molecule has 1 fully saturated rings. The van der Waals surface area contributed by atoms with Crippen molar-refractivity contribution in [3.8, 4) is 0 Å². The molecule has 1 aliphatic heterocycles. The average molecular weight is 225 g/mol. The normalized spacial score (nSPS) is 26.1. The van der Waals surface area contributed by atoms with Crippen LogP contribution < -0.4 is 5.32 Å². The molecule has 3 nitrogen and oxygen atoms in total. The number of rotatable bonds is 1. The summed E-state index contributed by atoms with van der Waals surface area (Å²) >= 11 is 0. The molecule has 1 N–H and O–H groups in total. The average Bonchev–Trinajstić information content (AvgIpc) is 2.00. The van der Waals surface area contributed by atoms with E-state index in [4.69, 9.17) is 4.74 Å². The Kier molecular flexibility index (Phi) is 3.28. The molecule has 1 unspecified atom stereocenters. The molecular formula is C9H14F3NO2. The van der Waals surface area contributed by atoms with Gasteiger partial charge in [-0.25, -0.2) is 0 Å². The maximum Gasteiger partial charge on any atom is 0.471 e. The molecule has 1 heterocycles. The van der Waals surface area contributed by atoms with Crippen LogP contribution in [0.2, 0.25) is 0 Å². The second-order valence-electron chi connectivity index (χ2n) is 4.27. The molecule has 1 aliphatic rings. The largest absolute Gasteiger partial charge is 0.471 e. The highest BCUT2D eigenvalue weighted by atomic mass is 19.4. The van der Waals surface area contributed by atoms with Crippen LogP contribution in [0.4, 0.5) is 13.2 Å². The molecule has 0 aromatic rings. The Bertz CT molecular complexity index is 250. The fourth-order valence-corrected chi connectivity index (χ4v) is 1.62. The summed E-state index contributed by atoms with van der Waals surface area (Å²) in [5.74, 6) is -1.87. The molecule has 1 amide bonds. The highest BCUT2D eigenvalue weighted by molar-refractivity contribution is 5.81. The van der Waals surface area contributed by atoms with Crippen molar-refractivity contribution in [2.75, 3.05) is 6.61 Å². The van der Waals surface area contributed by atoms with Crippen molar-refractivity contribution in [2.45, 2.75) is 44.5 Å². The molecule has 0 bridgehead atoms. The topological polar surface area (TPSA) is 38.3 Å². The summed E-state index contributed by atoms with van der Waals surface area (Å²) in [7, 11) is 0. The minimum absolute atomic E-state index is 0.371. The molecule has 15 heavy (non-hydrogen) atoms. The predicted octanol–water partition coefficient (Wildman–Crippen LogP) is 1.62. The number of halogens is 3. The van der Waals surface area contributed by atoms with Crippen molar-refractivity contribution in [2.24, 2.45) is 0 Å². The number of hydrogen-bond donors (Lipinski definition) is 1. The van der Waals surface area contributed by atoms with Gasteiger partial charge < -0.3 is 10.1 Å². The molecule has 88 valence electrons. The zero-order valence-corrected chi connectivity index (χ0v) is 8.65. The summed E-state index contributed by atoms with van der Waals surface area (Å²) in [6.45, 7) is 3.95. The number of alkyl halides is 3. The third-order valence-electron chi connectivity index (χ3n) is 2.29. The highest BCUT2D eigenvalue weighted by Crippen LogP contribution is 2.25. The SMILES string of the molecule is CC1(C)CC(NC(=O)C(F)(F)F)CCO1. The fraction of sp³-hybridized carbons (Fsp3) is 0.889. The van der Waals surface area contributed by atoms with Gasteiger partial charge in [0.1, 0.15) is 0 Å². The van der Waals surface area contributed by atoms with Crippen LogP contribution in [-0.4, -0.2) is 30.3 Å². The minimum atomic E-state index is -4.80. The number of nitrogens with one attached hydrogen (secondary N) is 1. The van der Waals surface area contributed by atoms with Gasteiger partial charge in [0.2, 0.25) is 0 Å². The van der Waals surface area contributed by atoms with Crippen molar-refractivity contribution >= 4 is 5.91 Å². The summed E-state index contributed by atoms with van der Waals surface area (Å²) in [6, 6.07) is -0.456. The number of hydrogen-bond acceptors (Lipinski definition) is 2. The lowest BCUT2D eigenvalue weighted by Gasteiger charge is -2.35. The molecule has 6 heteroatoms. The lowest BCUT2D eigenvalue weighted by Crippen LogP contribution is -2.49. The van der Waals surface area contributed by atoms with Gasteiger partial charge >= 0.3 is 12.1 Å². The van der Waals surface area contributed by atoms with E-state index in [0.717, 1.165) is 0 Å². The molecule has 0 spiro atoms. The van der Waals surface area contributed by atoms with Gasteiger partial charge in [-0.2, -0.15) is 13.2 Å². The van der Waals surface area contributed by atoms with Gasteiger partial charge in [0.25, 0.3) is 0 Å². The van der Waals surface area contributed by atoms with Crippen LogP contribution in [0.25, 0.3) is 0 Å². The summed E-state index contributed by atoms with van der Waals surface area (Å²) in [5, 5.41) is 1.97. The van der Waals surface area contributed by atoms with E-state index in [1.807, 2.05) is 5.32 Å². The molecule has 1 atom stereocenters. The molecular weight excluding hydrogens is 211 g/mol. The molecule has 0 saturated carbocycles. The third kappa shape index (κ3) is 3.70. The first-order valence-electron chi connectivity index (χ1n) is 4.72. The van der Waals surface area contributed by atoms with Gasteiger partial charge in [0.05, 0.1) is 5.60 Å². The number of ether oxygens (including phenoxy) is 1. The van der Waals surface area contributed by atoms with E-state index in [9.17, 15) is 18.0 Å². The number of carbonyl (C=O) groups is 1. The van der Waals surface area contributed by atoms with E-state index in [2.05, 4.69) is 0 Å². The standard InChI is InChI=1S/C9H14F3NO2/c1-8(2)5-6(3-4-15-8)13-7(14)9(10,11)12/h6H,3-5H2,1-2H3,(H,13,14). The van der Waals surface area contributed by atoms with E-state index in [0.29, 0.717) is 19.4 Å². The first-order chi connectivity index (χ1) is 6.71. The Balaban J connectivity index is 2.49. The Morgan fingerprint density at radius 2 is 2.07 bits per heavy atom. The molecule has 0 aliphatic carbocycles. The van der Waals surface area contributed by atoms with Gasteiger partial charge in [-0.1, -0.05) is 0 Å². The smallest absolute Gasteiger partial charge is 0.375 e. The summed E-state index contributed by atoms with van der Waals surface area (Å²) in [6.07, 6.45) is -3.98. The van der Waals surface area contributed by atoms with Crippen LogP contribution in [0.5, 0.6) is 0 Å². The van der Waals surface area contributed by atoms with Gasteiger partial charge in [-0.05, 0) is 26.7 Å². The monoisotopic (exact) mass is 225 g/mol. The molecule has 0 aromatic carbocycles. The van der Waals surface area contributed by atoms with E-state index >= 15 is 0 Å². The Labute approximate surface area is 86.0 Å². The molecule has 1 saturated heterocycles. The summed E-state index contributed by atoms with van der Waals surface area (Å²) in [5.41, 5.74) is -0.470. The van der Waals surface area contributed by atoms with E-state index in [-0.39, 0.29) is 0 Å². The van der Waals surface area contributed by atoms with E-state index < -0.39 is 23.7 Å². The van der Waals surface area contributed by atoms with Gasteiger partial charge in [-0.15, -0.1) is 0 Å². The van der Waals surface area contributed by atoms with Crippen LogP contribution >= 0.6 is 0 Å². The Morgan fingerprint density at radius 1 is 1.47 bits per heavy atom. The van der Waals surface area contributed by atoms with Crippen LogP contribution in [0.3, 0.4) is 0 Å². The minimum Gasteiger partial charge on any atom is -0.375 e. The van der Waals surface area contributed by atoms with E-state index in [1.165, 1.54) is 0 Å². The summed E-state index contributed by atoms with van der Waals surface area (Å²) in [4.78, 5) is 10.7. The number of amides is 1. The highest BCUT2D eigenvalue weighted by Gasteiger charge is 2.41. The lowest BCUT2D eigenvalue weighted by atomic mass is 9.94. The first kappa shape index (κ1) is 12.3. The van der Waals surface area contributed by atoms with Gasteiger partial charge in [0, 0.05) is 12.6 Å². The van der Waals surface area contributed by atoms with Crippen LogP contribution in [0.15, 0.2) is 0 Å². The van der Waals surface area contributed by atoms with Gasteiger partial charge in [0.15, 0.2) is 0 Å². The van der Waals surface area contributed by atoms with Crippen molar-refractivity contribution < 1.29 is 22.7 Å². The van der Waals surface area contributed by atoms with Crippen LogP contribution in [0, 0.1) is 0 Å². The van der Waals surface area contributed by atoms with Crippen LogP contribution in [0.1, 0.15) is 26.7 Å². The van der Waals surface area contributed by atoms with Crippen LogP contribution in [-0.2, 0) is 9.53 Å². The molecule has 0 radical (unpaired) electrons. The van der Waals surface area contributed by atoms with Gasteiger partial charge in [-0.3, -0.25) is 4.79 Å². The quantitative estimate of drug-likeness (QED) is 0.736. The lowest BCUT2D eigenvalue weighted by molar-refractivity contribution is -0.175. The Hall–Kier alpha value is -0.780. The summed E-state index contributed by atoms with van der Waals surface area (Å²) < 4.78 is 41.2. The predicted molar refractivity (Wildman–Crippen MR) is 47.3 cm³/mol. The molecule has 0 aromatic heterocycles. The third-order valence-corrected chi connectivity index (χ3v) is 2.29. The fourth-order valence-electron chi connectivity index (χ4n) is 1.62. The van der Waals surface area contributed by atoms with Crippen molar-refractivity contribution in [1.82, 2.24) is 5.32 Å². The van der Waals surface area contributed by atoms with E-state index in [1.54, 1.807) is 13.8 Å². The Morgan fingerprint density at radius 3 is 2.53 bits per heavy atom. The zero-order valence-electron chi connectivity index (χ0n) is 8.65.